The molecule has 0 aliphatic carbocycles. The number of nitrogens with zero attached hydrogens (tertiary/aromatic N) is 1. The van der Waals surface area contributed by atoms with Gasteiger partial charge in [-0.1, -0.05) is 30.3 Å². The van der Waals surface area contributed by atoms with Crippen molar-refractivity contribution >= 4 is 17.7 Å². The molecular weight excluding hydrogens is 334 g/mol. The van der Waals surface area contributed by atoms with Crippen LogP contribution in [0.4, 0.5) is 10.5 Å². The Kier molecular flexibility index (Phi) is 6.54. The summed E-state index contributed by atoms with van der Waals surface area (Å²) in [6, 6.07) is 10.4. The molecule has 138 valence electrons. The molecule has 0 radical (unpaired) electrons. The Bertz CT molecular complexity index is 830. The maximum atomic E-state index is 12.4. The summed E-state index contributed by atoms with van der Waals surface area (Å²) in [6.45, 7) is 1.74. The number of benzene rings is 1. The molecular formula is C19H23N3O4. The molecule has 26 heavy (non-hydrogen) atoms. The zero-order chi connectivity index (χ0) is 19.1. The molecule has 2 rings (SSSR count). The molecule has 7 nitrogen and oxygen atoms in total. The van der Waals surface area contributed by atoms with Crippen molar-refractivity contribution in [1.29, 1.82) is 0 Å². The summed E-state index contributed by atoms with van der Waals surface area (Å²) < 4.78 is 1.38. The minimum atomic E-state index is -0.918. The first-order valence-electron chi connectivity index (χ1n) is 8.36. The normalized spacial score (nSPS) is 11.6. The van der Waals surface area contributed by atoms with E-state index in [2.05, 4.69) is 10.6 Å². The van der Waals surface area contributed by atoms with E-state index >= 15 is 0 Å². The maximum absolute atomic E-state index is 12.4. The number of rotatable bonds is 7. The van der Waals surface area contributed by atoms with E-state index in [1.54, 1.807) is 26.2 Å². The van der Waals surface area contributed by atoms with E-state index in [9.17, 15) is 14.4 Å². The molecule has 1 unspecified atom stereocenters. The SMILES string of the molecule is Cc1ccn(C)c(=O)c1NC(=O)NC(CCC(=O)O)Cc1ccccc1. The van der Waals surface area contributed by atoms with Crippen molar-refractivity contribution in [3.8, 4) is 0 Å². The molecule has 7 heteroatoms. The fourth-order valence-electron chi connectivity index (χ4n) is 2.63. The predicted octanol–water partition coefficient (Wildman–Crippen LogP) is 2.29. The highest BCUT2D eigenvalue weighted by atomic mass is 16.4. The van der Waals surface area contributed by atoms with Gasteiger partial charge in [-0.2, -0.15) is 0 Å². The molecule has 0 aliphatic heterocycles. The van der Waals surface area contributed by atoms with Crippen LogP contribution in [0.2, 0.25) is 0 Å². The van der Waals surface area contributed by atoms with Gasteiger partial charge in [-0.15, -0.1) is 0 Å². The number of nitrogens with one attached hydrogen (secondary N) is 2. The van der Waals surface area contributed by atoms with Gasteiger partial charge in [-0.25, -0.2) is 4.79 Å². The van der Waals surface area contributed by atoms with E-state index in [-0.39, 0.29) is 23.7 Å². The van der Waals surface area contributed by atoms with Gasteiger partial charge in [0.25, 0.3) is 5.56 Å². The molecule has 1 heterocycles. The minimum absolute atomic E-state index is 0.0517. The minimum Gasteiger partial charge on any atom is -0.481 e. The largest absolute Gasteiger partial charge is 0.481 e. The van der Waals surface area contributed by atoms with Crippen LogP contribution in [-0.4, -0.2) is 27.7 Å². The first kappa shape index (κ1) is 19.2. The zero-order valence-corrected chi connectivity index (χ0v) is 14.9. The summed E-state index contributed by atoms with van der Waals surface area (Å²) in [7, 11) is 1.61. The van der Waals surface area contributed by atoms with Gasteiger partial charge in [0, 0.05) is 25.7 Å². The van der Waals surface area contributed by atoms with Crippen molar-refractivity contribution in [2.45, 2.75) is 32.2 Å². The number of anilines is 1. The van der Waals surface area contributed by atoms with Crippen LogP contribution in [0.15, 0.2) is 47.4 Å². The predicted molar refractivity (Wildman–Crippen MR) is 99.4 cm³/mol. The van der Waals surface area contributed by atoms with Crippen LogP contribution >= 0.6 is 0 Å². The summed E-state index contributed by atoms with van der Waals surface area (Å²) >= 11 is 0. The number of hydrogen-bond donors (Lipinski definition) is 3. The monoisotopic (exact) mass is 357 g/mol. The molecule has 0 saturated heterocycles. The second kappa shape index (κ2) is 8.84. The van der Waals surface area contributed by atoms with Gasteiger partial charge in [0.1, 0.15) is 5.69 Å². The zero-order valence-electron chi connectivity index (χ0n) is 14.9. The summed E-state index contributed by atoms with van der Waals surface area (Å²) in [4.78, 5) is 35.4. The highest BCUT2D eigenvalue weighted by Gasteiger charge is 2.16. The molecule has 3 N–H and O–H groups in total. The van der Waals surface area contributed by atoms with Crippen molar-refractivity contribution in [2.75, 3.05) is 5.32 Å². The van der Waals surface area contributed by atoms with Crippen LogP contribution in [-0.2, 0) is 18.3 Å². The van der Waals surface area contributed by atoms with E-state index < -0.39 is 12.0 Å². The molecule has 0 fully saturated rings. The number of aromatic nitrogens is 1. The van der Waals surface area contributed by atoms with E-state index in [1.165, 1.54) is 4.57 Å². The summed E-state index contributed by atoms with van der Waals surface area (Å²) in [6.07, 6.45) is 2.38. The van der Waals surface area contributed by atoms with Crippen LogP contribution in [0.3, 0.4) is 0 Å². The van der Waals surface area contributed by atoms with E-state index in [4.69, 9.17) is 5.11 Å². The summed E-state index contributed by atoms with van der Waals surface area (Å²) in [5.74, 6) is -0.918. The number of carboxylic acids is 1. The Labute approximate surface area is 151 Å². The lowest BCUT2D eigenvalue weighted by Crippen LogP contribution is -2.41. The Morgan fingerprint density at radius 2 is 1.88 bits per heavy atom. The third-order valence-electron chi connectivity index (χ3n) is 4.08. The number of pyridine rings is 1. The standard InChI is InChI=1S/C19H23N3O4/c1-13-10-11-22(2)18(25)17(13)21-19(26)20-15(8-9-16(23)24)12-14-6-4-3-5-7-14/h3-7,10-11,15H,8-9,12H2,1-2H3,(H,23,24)(H2,20,21,26). The molecule has 1 atom stereocenters. The van der Waals surface area contributed by atoms with E-state index in [0.29, 0.717) is 18.4 Å². The average molecular weight is 357 g/mol. The van der Waals surface area contributed by atoms with Gasteiger partial charge in [0.2, 0.25) is 0 Å². The quantitative estimate of drug-likeness (QED) is 0.708. The van der Waals surface area contributed by atoms with Crippen LogP contribution in [0, 0.1) is 6.92 Å². The first-order chi connectivity index (χ1) is 12.4. The molecule has 0 bridgehead atoms. The number of aryl methyl sites for hydroxylation is 2. The van der Waals surface area contributed by atoms with Crippen LogP contribution in [0.5, 0.6) is 0 Å². The van der Waals surface area contributed by atoms with E-state index in [1.807, 2.05) is 30.3 Å². The number of urea groups is 1. The Morgan fingerprint density at radius 1 is 1.19 bits per heavy atom. The Morgan fingerprint density at radius 3 is 2.54 bits per heavy atom. The molecule has 0 aliphatic rings. The third-order valence-corrected chi connectivity index (χ3v) is 4.08. The molecule has 0 spiro atoms. The third kappa shape index (κ3) is 5.47. The molecule has 2 aromatic rings. The van der Waals surface area contributed by atoms with Crippen molar-refractivity contribution in [2.24, 2.45) is 7.05 Å². The van der Waals surface area contributed by atoms with Crippen molar-refractivity contribution in [3.63, 3.8) is 0 Å². The number of carboxylic acid groups (broad SMARTS) is 1. The first-order valence-corrected chi connectivity index (χ1v) is 8.36. The summed E-state index contributed by atoms with van der Waals surface area (Å²) in [5, 5.41) is 14.3. The second-order valence-corrected chi connectivity index (χ2v) is 6.21. The number of aliphatic carboxylic acids is 1. The van der Waals surface area contributed by atoms with Crippen molar-refractivity contribution in [3.05, 3.63) is 64.1 Å². The fraction of sp³-hybridized carbons (Fsp3) is 0.316. The number of carbonyl (C=O) groups is 2. The number of amides is 2. The highest BCUT2D eigenvalue weighted by molar-refractivity contribution is 5.90. The molecule has 1 aromatic heterocycles. The van der Waals surface area contributed by atoms with Crippen LogP contribution in [0.1, 0.15) is 24.0 Å². The van der Waals surface area contributed by atoms with E-state index in [0.717, 1.165) is 5.56 Å². The van der Waals surface area contributed by atoms with Gasteiger partial charge < -0.3 is 20.3 Å². The Balaban J connectivity index is 2.09. The molecule has 2 amide bonds. The van der Waals surface area contributed by atoms with Gasteiger partial charge in [0.15, 0.2) is 0 Å². The number of carbonyl (C=O) groups excluding carboxylic acids is 1. The molecule has 0 saturated carbocycles. The maximum Gasteiger partial charge on any atom is 0.319 e. The lowest BCUT2D eigenvalue weighted by Gasteiger charge is -2.19. The fourth-order valence-corrected chi connectivity index (χ4v) is 2.63. The highest BCUT2D eigenvalue weighted by Crippen LogP contribution is 2.10. The van der Waals surface area contributed by atoms with Crippen LogP contribution < -0.4 is 16.2 Å². The van der Waals surface area contributed by atoms with Crippen LogP contribution in [0.25, 0.3) is 0 Å². The van der Waals surface area contributed by atoms with Gasteiger partial charge >= 0.3 is 12.0 Å². The smallest absolute Gasteiger partial charge is 0.319 e. The lowest BCUT2D eigenvalue weighted by molar-refractivity contribution is -0.137. The molecule has 1 aromatic carbocycles. The van der Waals surface area contributed by atoms with Gasteiger partial charge in [-0.05, 0) is 37.0 Å². The number of hydrogen-bond acceptors (Lipinski definition) is 3. The topological polar surface area (TPSA) is 100 Å². The van der Waals surface area contributed by atoms with Gasteiger partial charge in [-0.3, -0.25) is 9.59 Å². The van der Waals surface area contributed by atoms with Crippen molar-refractivity contribution < 1.29 is 14.7 Å². The Hall–Kier alpha value is -3.09. The second-order valence-electron chi connectivity index (χ2n) is 6.21. The summed E-state index contributed by atoms with van der Waals surface area (Å²) in [5.41, 5.74) is 1.57. The van der Waals surface area contributed by atoms with Gasteiger partial charge in [0.05, 0.1) is 0 Å². The lowest BCUT2D eigenvalue weighted by atomic mass is 10.0. The van der Waals surface area contributed by atoms with Crippen molar-refractivity contribution in [1.82, 2.24) is 9.88 Å². The average Bonchev–Trinajstić information content (AvgIpc) is 2.61.